The highest BCUT2D eigenvalue weighted by Gasteiger charge is 2.11. The number of ether oxygens (including phenoxy) is 2. The van der Waals surface area contributed by atoms with Crippen LogP contribution in [0.3, 0.4) is 0 Å². The van der Waals surface area contributed by atoms with Crippen LogP contribution < -0.4 is 25.5 Å². The van der Waals surface area contributed by atoms with Crippen molar-refractivity contribution in [3.05, 3.63) is 52.0 Å². The van der Waals surface area contributed by atoms with E-state index in [0.717, 1.165) is 0 Å². The van der Waals surface area contributed by atoms with Crippen molar-refractivity contribution in [3.8, 4) is 11.5 Å². The molecule has 9 nitrogen and oxygen atoms in total. The van der Waals surface area contributed by atoms with Gasteiger partial charge in [-0.05, 0) is 48.9 Å². The predicted molar refractivity (Wildman–Crippen MR) is 118 cm³/mol. The SMILES string of the molecule is CCNC(=O)C(=O)N/N=C\c1ccc(OCC(=O)Nc2cc(Cl)cc(Cl)c2)c(OC)c1. The van der Waals surface area contributed by atoms with E-state index in [1.807, 2.05) is 0 Å². The zero-order valence-corrected chi connectivity index (χ0v) is 18.2. The van der Waals surface area contributed by atoms with Gasteiger partial charge in [-0.1, -0.05) is 23.2 Å². The molecule has 0 saturated heterocycles. The maximum absolute atomic E-state index is 12.1. The number of carbonyl (C=O) groups excluding carboxylic acids is 3. The Morgan fingerprint density at radius 3 is 2.39 bits per heavy atom. The Balaban J connectivity index is 1.95. The number of nitrogens with one attached hydrogen (secondary N) is 3. The summed E-state index contributed by atoms with van der Waals surface area (Å²) in [6.07, 6.45) is 1.33. The highest BCUT2D eigenvalue weighted by atomic mass is 35.5. The van der Waals surface area contributed by atoms with Crippen molar-refractivity contribution in [3.63, 3.8) is 0 Å². The molecule has 3 amide bonds. The average Bonchev–Trinajstić information content (AvgIpc) is 2.71. The minimum Gasteiger partial charge on any atom is -0.493 e. The molecule has 0 bridgehead atoms. The Hall–Kier alpha value is -3.30. The minimum absolute atomic E-state index is 0.281. The molecule has 31 heavy (non-hydrogen) atoms. The van der Waals surface area contributed by atoms with Crippen LogP contribution in [0.2, 0.25) is 10.0 Å². The highest BCUT2D eigenvalue weighted by Crippen LogP contribution is 2.28. The van der Waals surface area contributed by atoms with Gasteiger partial charge in [0.25, 0.3) is 5.91 Å². The third-order valence-electron chi connectivity index (χ3n) is 3.62. The van der Waals surface area contributed by atoms with Gasteiger partial charge in [-0.15, -0.1) is 0 Å². The summed E-state index contributed by atoms with van der Waals surface area (Å²) in [5, 5.41) is 9.49. The molecule has 0 unspecified atom stereocenters. The molecule has 0 radical (unpaired) electrons. The maximum Gasteiger partial charge on any atom is 0.329 e. The van der Waals surface area contributed by atoms with Crippen LogP contribution in [0, 0.1) is 0 Å². The van der Waals surface area contributed by atoms with Gasteiger partial charge in [0.1, 0.15) is 0 Å². The number of methoxy groups -OCH3 is 1. The number of anilines is 1. The van der Waals surface area contributed by atoms with Crippen LogP contribution in [0.1, 0.15) is 12.5 Å². The Kier molecular flexibility index (Phi) is 9.11. The van der Waals surface area contributed by atoms with E-state index in [1.54, 1.807) is 43.3 Å². The lowest BCUT2D eigenvalue weighted by Crippen LogP contribution is -2.37. The summed E-state index contributed by atoms with van der Waals surface area (Å²) in [7, 11) is 1.44. The van der Waals surface area contributed by atoms with Gasteiger partial charge in [-0.25, -0.2) is 5.43 Å². The van der Waals surface area contributed by atoms with Crippen LogP contribution in [0.5, 0.6) is 11.5 Å². The summed E-state index contributed by atoms with van der Waals surface area (Å²) in [5.74, 6) is -1.40. The Morgan fingerprint density at radius 1 is 1.03 bits per heavy atom. The lowest BCUT2D eigenvalue weighted by Gasteiger charge is -2.12. The first kappa shape index (κ1) is 24.0. The lowest BCUT2D eigenvalue weighted by atomic mass is 10.2. The molecule has 0 aliphatic rings. The first-order valence-electron chi connectivity index (χ1n) is 9.00. The number of hydrogen-bond donors (Lipinski definition) is 3. The topological polar surface area (TPSA) is 118 Å². The number of benzene rings is 2. The van der Waals surface area contributed by atoms with Crippen LogP contribution in [0.15, 0.2) is 41.5 Å². The van der Waals surface area contributed by atoms with Crippen LogP contribution in [-0.2, 0) is 14.4 Å². The van der Waals surface area contributed by atoms with Crippen LogP contribution in [0.4, 0.5) is 5.69 Å². The second-order valence-electron chi connectivity index (χ2n) is 5.96. The molecule has 3 N–H and O–H groups in total. The van der Waals surface area contributed by atoms with Crippen molar-refractivity contribution < 1.29 is 23.9 Å². The van der Waals surface area contributed by atoms with E-state index >= 15 is 0 Å². The normalized spacial score (nSPS) is 10.5. The molecule has 2 rings (SSSR count). The van der Waals surface area contributed by atoms with Crippen molar-refractivity contribution in [2.75, 3.05) is 25.6 Å². The third kappa shape index (κ3) is 7.80. The van der Waals surface area contributed by atoms with E-state index in [0.29, 0.717) is 39.3 Å². The Morgan fingerprint density at radius 2 is 1.74 bits per heavy atom. The fourth-order valence-corrected chi connectivity index (χ4v) is 2.83. The summed E-state index contributed by atoms with van der Waals surface area (Å²) < 4.78 is 10.8. The van der Waals surface area contributed by atoms with E-state index in [2.05, 4.69) is 21.2 Å². The van der Waals surface area contributed by atoms with Crippen molar-refractivity contribution in [1.82, 2.24) is 10.7 Å². The summed E-state index contributed by atoms with van der Waals surface area (Å²) in [6.45, 7) is 1.75. The van der Waals surface area contributed by atoms with E-state index < -0.39 is 17.7 Å². The van der Waals surface area contributed by atoms with Gasteiger partial charge < -0.3 is 20.1 Å². The van der Waals surface area contributed by atoms with Crippen LogP contribution >= 0.6 is 23.2 Å². The average molecular weight is 467 g/mol. The summed E-state index contributed by atoms with van der Waals surface area (Å²) in [4.78, 5) is 34.9. The number of nitrogens with zero attached hydrogens (tertiary/aromatic N) is 1. The number of rotatable bonds is 8. The van der Waals surface area contributed by atoms with E-state index in [-0.39, 0.29) is 6.61 Å². The van der Waals surface area contributed by atoms with Crippen LogP contribution in [0.25, 0.3) is 0 Å². The first-order chi connectivity index (χ1) is 14.8. The monoisotopic (exact) mass is 466 g/mol. The zero-order chi connectivity index (χ0) is 22.8. The number of hydrogen-bond acceptors (Lipinski definition) is 6. The number of carbonyl (C=O) groups is 3. The lowest BCUT2D eigenvalue weighted by molar-refractivity contribution is -0.139. The standard InChI is InChI=1S/C20H20Cl2N4O5/c1-3-23-19(28)20(29)26-24-10-12-4-5-16(17(6-12)30-2)31-11-18(27)25-15-8-13(21)7-14(22)9-15/h4-10H,3,11H2,1-2H3,(H,23,28)(H,25,27)(H,26,29)/b24-10-. The molecule has 0 atom stereocenters. The molecule has 0 saturated carbocycles. The van der Waals surface area contributed by atoms with Gasteiger partial charge >= 0.3 is 11.8 Å². The fraction of sp³-hybridized carbons (Fsp3) is 0.200. The Labute approximate surface area is 188 Å². The van der Waals surface area contributed by atoms with Crippen molar-refractivity contribution in [2.45, 2.75) is 6.92 Å². The first-order valence-corrected chi connectivity index (χ1v) is 9.76. The molecule has 0 heterocycles. The molecular weight excluding hydrogens is 447 g/mol. The van der Waals surface area contributed by atoms with E-state index in [9.17, 15) is 14.4 Å². The number of hydrazone groups is 1. The number of amides is 3. The molecule has 0 aromatic heterocycles. The van der Waals surface area contributed by atoms with Gasteiger partial charge in [0, 0.05) is 22.3 Å². The molecular formula is C20H20Cl2N4O5. The summed E-state index contributed by atoms with van der Waals surface area (Å²) in [5.41, 5.74) is 3.13. The molecule has 0 aliphatic carbocycles. The maximum atomic E-state index is 12.1. The van der Waals surface area contributed by atoms with Crippen molar-refractivity contribution >= 4 is 52.8 Å². The van der Waals surface area contributed by atoms with E-state index in [1.165, 1.54) is 13.3 Å². The van der Waals surface area contributed by atoms with E-state index in [4.69, 9.17) is 32.7 Å². The second kappa shape index (κ2) is 11.8. The number of halogens is 2. The van der Waals surface area contributed by atoms with Gasteiger partial charge in [-0.3, -0.25) is 14.4 Å². The van der Waals surface area contributed by atoms with Crippen LogP contribution in [-0.4, -0.2) is 44.2 Å². The van der Waals surface area contributed by atoms with Gasteiger partial charge in [0.05, 0.1) is 13.3 Å². The van der Waals surface area contributed by atoms with Gasteiger partial charge in [0.15, 0.2) is 18.1 Å². The molecule has 2 aromatic carbocycles. The molecule has 11 heteroatoms. The zero-order valence-electron chi connectivity index (χ0n) is 16.7. The predicted octanol–water partition coefficient (Wildman–Crippen LogP) is 2.61. The summed E-state index contributed by atoms with van der Waals surface area (Å²) >= 11 is 11.8. The van der Waals surface area contributed by atoms with Gasteiger partial charge in [0.2, 0.25) is 0 Å². The third-order valence-corrected chi connectivity index (χ3v) is 4.05. The molecule has 0 fully saturated rings. The fourth-order valence-electron chi connectivity index (χ4n) is 2.31. The van der Waals surface area contributed by atoms with Crippen molar-refractivity contribution in [1.29, 1.82) is 0 Å². The second-order valence-corrected chi connectivity index (χ2v) is 6.84. The molecule has 2 aromatic rings. The highest BCUT2D eigenvalue weighted by molar-refractivity contribution is 6.35. The molecule has 0 spiro atoms. The minimum atomic E-state index is -0.878. The summed E-state index contributed by atoms with van der Waals surface area (Å²) in [6, 6.07) is 9.47. The smallest absolute Gasteiger partial charge is 0.329 e. The van der Waals surface area contributed by atoms with Crippen molar-refractivity contribution in [2.24, 2.45) is 5.10 Å². The van der Waals surface area contributed by atoms with Gasteiger partial charge in [-0.2, -0.15) is 5.10 Å². The quantitative estimate of drug-likeness (QED) is 0.314. The largest absolute Gasteiger partial charge is 0.493 e. The molecule has 0 aliphatic heterocycles. The Bertz CT molecular complexity index is 977. The number of likely N-dealkylation sites (N-methyl/N-ethyl adjacent to an activating group) is 1. The molecule has 164 valence electrons.